The molecule has 0 radical (unpaired) electrons. The quantitative estimate of drug-likeness (QED) is 0.0468. The van der Waals surface area contributed by atoms with Crippen molar-refractivity contribution in [2.75, 3.05) is 4.43 Å². The Morgan fingerprint density at radius 1 is 0.541 bits per heavy atom. The van der Waals surface area contributed by atoms with E-state index in [2.05, 4.69) is 62.7 Å². The van der Waals surface area contributed by atoms with Gasteiger partial charge in [-0.1, -0.05) is 125 Å². The molecular weight excluding hydrogens is 563 g/mol. The van der Waals surface area contributed by atoms with E-state index < -0.39 is 0 Å². The molecule has 0 unspecified atom stereocenters. The van der Waals surface area contributed by atoms with Crippen molar-refractivity contribution in [2.24, 2.45) is 0 Å². The van der Waals surface area contributed by atoms with Gasteiger partial charge in [-0.3, -0.25) is 4.98 Å². The van der Waals surface area contributed by atoms with Crippen LogP contribution in [0, 0.1) is 0 Å². The first kappa shape index (κ1) is 32.2. The standard InChI is InChI=1S/C34H56IN2/c35-27-19-15-11-7-3-1-6-10-14-18-24-34-26-22-30-37(32-34)29-20-16-12-8-4-2-5-9-13-17-23-33-25-21-28-36-31-33/h21-22,25-26,28,30-32H,1-20,23-24,27,29H2/q+1. The summed E-state index contributed by atoms with van der Waals surface area (Å²) in [6.45, 7) is 1.18. The van der Waals surface area contributed by atoms with Crippen molar-refractivity contribution in [3.63, 3.8) is 0 Å². The number of rotatable bonds is 25. The lowest BCUT2D eigenvalue weighted by atomic mass is 10.0. The summed E-state index contributed by atoms with van der Waals surface area (Å²) in [6, 6.07) is 8.82. The van der Waals surface area contributed by atoms with Gasteiger partial charge in [-0.05, 0) is 60.6 Å². The maximum Gasteiger partial charge on any atom is 0.171 e. The van der Waals surface area contributed by atoms with Crippen molar-refractivity contribution < 1.29 is 4.57 Å². The Morgan fingerprint density at radius 3 is 1.57 bits per heavy atom. The van der Waals surface area contributed by atoms with Crippen molar-refractivity contribution in [2.45, 2.75) is 148 Å². The van der Waals surface area contributed by atoms with Crippen molar-refractivity contribution in [3.8, 4) is 0 Å². The highest BCUT2D eigenvalue weighted by molar-refractivity contribution is 14.1. The summed E-state index contributed by atoms with van der Waals surface area (Å²) in [5.41, 5.74) is 2.91. The van der Waals surface area contributed by atoms with Crippen LogP contribution in [0.4, 0.5) is 0 Å². The van der Waals surface area contributed by atoms with Gasteiger partial charge in [0.25, 0.3) is 0 Å². The lowest BCUT2D eigenvalue weighted by Gasteiger charge is -2.04. The molecule has 0 saturated heterocycles. The molecule has 2 heterocycles. The molecule has 0 aliphatic rings. The first-order valence-corrected chi connectivity index (χ1v) is 17.3. The van der Waals surface area contributed by atoms with E-state index in [1.807, 2.05) is 18.5 Å². The Labute approximate surface area is 243 Å². The van der Waals surface area contributed by atoms with Gasteiger partial charge in [0.2, 0.25) is 0 Å². The average molecular weight is 620 g/mol. The normalized spacial score (nSPS) is 11.3. The van der Waals surface area contributed by atoms with E-state index in [-0.39, 0.29) is 0 Å². The highest BCUT2D eigenvalue weighted by Gasteiger charge is 2.03. The molecule has 0 atom stereocenters. The fourth-order valence-electron chi connectivity index (χ4n) is 5.28. The van der Waals surface area contributed by atoms with Gasteiger partial charge in [0.15, 0.2) is 12.4 Å². The Balaban J connectivity index is 1.35. The van der Waals surface area contributed by atoms with E-state index in [1.165, 1.54) is 163 Å². The first-order chi connectivity index (χ1) is 18.4. The van der Waals surface area contributed by atoms with Gasteiger partial charge < -0.3 is 0 Å². The molecule has 0 aromatic carbocycles. The third-order valence-corrected chi connectivity index (χ3v) is 8.39. The minimum absolute atomic E-state index is 1.18. The number of hydrogen-bond donors (Lipinski definition) is 0. The summed E-state index contributed by atoms with van der Waals surface area (Å²) in [5.74, 6) is 0. The second-order valence-electron chi connectivity index (χ2n) is 11.1. The Morgan fingerprint density at radius 2 is 1.03 bits per heavy atom. The number of hydrogen-bond acceptors (Lipinski definition) is 1. The molecular formula is C34H56IN2+. The van der Waals surface area contributed by atoms with Crippen LogP contribution in [0.3, 0.4) is 0 Å². The zero-order valence-electron chi connectivity index (χ0n) is 23.9. The molecule has 2 nitrogen and oxygen atoms in total. The van der Waals surface area contributed by atoms with Crippen molar-refractivity contribution >= 4 is 22.6 Å². The van der Waals surface area contributed by atoms with Crippen LogP contribution in [-0.2, 0) is 19.4 Å². The lowest BCUT2D eigenvalue weighted by Crippen LogP contribution is -2.33. The molecule has 37 heavy (non-hydrogen) atoms. The summed E-state index contributed by atoms with van der Waals surface area (Å²) in [6.07, 6.45) is 39.1. The molecule has 0 spiro atoms. The Kier molecular flexibility index (Phi) is 21.0. The Bertz CT molecular complexity index is 748. The van der Waals surface area contributed by atoms with Crippen LogP contribution < -0.4 is 4.57 Å². The van der Waals surface area contributed by atoms with Crippen LogP contribution in [-0.4, -0.2) is 9.41 Å². The van der Waals surface area contributed by atoms with E-state index in [0.717, 1.165) is 0 Å². The van der Waals surface area contributed by atoms with Crippen LogP contribution in [0.15, 0.2) is 49.1 Å². The van der Waals surface area contributed by atoms with Crippen molar-refractivity contribution in [1.29, 1.82) is 0 Å². The predicted octanol–water partition coefficient (Wildman–Crippen LogP) is 10.4. The zero-order valence-corrected chi connectivity index (χ0v) is 26.0. The third-order valence-electron chi connectivity index (χ3n) is 7.62. The maximum absolute atomic E-state index is 4.20. The number of pyridine rings is 2. The van der Waals surface area contributed by atoms with Crippen LogP contribution >= 0.6 is 22.6 Å². The molecule has 0 aliphatic heterocycles. The van der Waals surface area contributed by atoms with Gasteiger partial charge >= 0.3 is 0 Å². The molecule has 0 N–H and O–H groups in total. The van der Waals surface area contributed by atoms with Gasteiger partial charge in [-0.15, -0.1) is 0 Å². The highest BCUT2D eigenvalue weighted by atomic mass is 127. The molecule has 2 rings (SSSR count). The van der Waals surface area contributed by atoms with E-state index in [4.69, 9.17) is 0 Å². The van der Waals surface area contributed by atoms with Gasteiger partial charge in [0.05, 0.1) is 0 Å². The molecule has 3 heteroatoms. The predicted molar refractivity (Wildman–Crippen MR) is 170 cm³/mol. The summed E-state index contributed by atoms with van der Waals surface area (Å²) >= 11 is 2.49. The SMILES string of the molecule is ICCCCCCCCCCCCc1ccc[n+](CCCCCCCCCCCCc2cccnc2)c1. The van der Waals surface area contributed by atoms with Crippen molar-refractivity contribution in [3.05, 3.63) is 60.2 Å². The number of nitrogens with zero attached hydrogens (tertiary/aromatic N) is 2. The maximum atomic E-state index is 4.20. The van der Waals surface area contributed by atoms with Crippen LogP contribution in [0.25, 0.3) is 0 Å². The number of halogens is 1. The second kappa shape index (κ2) is 24.1. The fraction of sp³-hybridized carbons (Fsp3) is 0.706. The number of aryl methyl sites for hydroxylation is 3. The molecule has 0 bridgehead atoms. The highest BCUT2D eigenvalue weighted by Crippen LogP contribution is 2.14. The number of aromatic nitrogens is 2. The number of unbranched alkanes of at least 4 members (excludes halogenated alkanes) is 18. The van der Waals surface area contributed by atoms with Crippen LogP contribution in [0.2, 0.25) is 0 Å². The topological polar surface area (TPSA) is 16.8 Å². The molecule has 0 aliphatic carbocycles. The lowest BCUT2D eigenvalue weighted by molar-refractivity contribution is -0.697. The summed E-state index contributed by atoms with van der Waals surface area (Å²) < 4.78 is 3.76. The molecule has 2 aromatic rings. The first-order valence-electron chi connectivity index (χ1n) is 15.8. The van der Waals surface area contributed by atoms with Gasteiger partial charge in [0.1, 0.15) is 6.54 Å². The van der Waals surface area contributed by atoms with E-state index in [1.54, 1.807) is 0 Å². The average Bonchev–Trinajstić information content (AvgIpc) is 2.93. The van der Waals surface area contributed by atoms with E-state index in [9.17, 15) is 0 Å². The smallest absolute Gasteiger partial charge is 0.171 e. The largest absolute Gasteiger partial charge is 0.264 e. The molecule has 0 fully saturated rings. The van der Waals surface area contributed by atoms with E-state index in [0.29, 0.717) is 0 Å². The van der Waals surface area contributed by atoms with Gasteiger partial charge in [0, 0.05) is 30.4 Å². The molecule has 208 valence electrons. The fourth-order valence-corrected chi connectivity index (χ4v) is 5.82. The van der Waals surface area contributed by atoms with E-state index >= 15 is 0 Å². The minimum Gasteiger partial charge on any atom is -0.264 e. The number of alkyl halides is 1. The zero-order chi connectivity index (χ0) is 26.1. The Hall–Kier alpha value is -0.970. The van der Waals surface area contributed by atoms with Crippen molar-refractivity contribution in [1.82, 2.24) is 4.98 Å². The molecule has 0 saturated carbocycles. The van der Waals surface area contributed by atoms with Gasteiger partial charge in [-0.25, -0.2) is 4.57 Å². The molecule has 0 amide bonds. The van der Waals surface area contributed by atoms with Crippen LogP contribution in [0.1, 0.15) is 140 Å². The van der Waals surface area contributed by atoms with Gasteiger partial charge in [-0.2, -0.15) is 0 Å². The minimum atomic E-state index is 1.18. The second-order valence-corrected chi connectivity index (χ2v) is 12.2. The molecule has 2 aromatic heterocycles. The summed E-state index contributed by atoms with van der Waals surface area (Å²) in [7, 11) is 0. The summed E-state index contributed by atoms with van der Waals surface area (Å²) in [5, 5.41) is 0. The monoisotopic (exact) mass is 619 g/mol. The third kappa shape index (κ3) is 18.8. The summed E-state index contributed by atoms with van der Waals surface area (Å²) in [4.78, 5) is 4.20. The van der Waals surface area contributed by atoms with Crippen LogP contribution in [0.5, 0.6) is 0 Å².